The summed E-state index contributed by atoms with van der Waals surface area (Å²) in [4.78, 5) is 18.7. The standard InChI is InChI=1S/C17H21N3O4/c1-11-18-17(24-19-11)13-6-7-20(10-13)16(21)8-12-4-5-14(22-2)9-15(12)23-3/h4-5,9,13H,6-8,10H2,1-3H3. The van der Waals surface area contributed by atoms with Crippen LogP contribution in [0.3, 0.4) is 0 Å². The maximum atomic E-state index is 12.6. The van der Waals surface area contributed by atoms with E-state index >= 15 is 0 Å². The van der Waals surface area contributed by atoms with E-state index < -0.39 is 0 Å². The number of hydrogen-bond donors (Lipinski definition) is 0. The minimum Gasteiger partial charge on any atom is -0.497 e. The third-order valence-electron chi connectivity index (χ3n) is 4.27. The largest absolute Gasteiger partial charge is 0.497 e. The first kappa shape index (κ1) is 16.3. The third-order valence-corrected chi connectivity index (χ3v) is 4.27. The summed E-state index contributed by atoms with van der Waals surface area (Å²) in [5.74, 6) is 2.79. The first-order chi connectivity index (χ1) is 11.6. The number of rotatable bonds is 5. The summed E-state index contributed by atoms with van der Waals surface area (Å²) in [7, 11) is 3.19. The zero-order chi connectivity index (χ0) is 17.1. The zero-order valence-electron chi connectivity index (χ0n) is 14.1. The summed E-state index contributed by atoms with van der Waals surface area (Å²) in [6, 6.07) is 5.49. The molecule has 1 aromatic carbocycles. The summed E-state index contributed by atoms with van der Waals surface area (Å²) >= 11 is 0. The predicted molar refractivity (Wildman–Crippen MR) is 86.2 cm³/mol. The monoisotopic (exact) mass is 331 g/mol. The number of aryl methyl sites for hydroxylation is 1. The molecule has 1 saturated heterocycles. The molecule has 0 spiro atoms. The summed E-state index contributed by atoms with van der Waals surface area (Å²) in [6.07, 6.45) is 1.13. The van der Waals surface area contributed by atoms with E-state index in [1.807, 2.05) is 17.0 Å². The molecule has 7 heteroatoms. The number of ether oxygens (including phenoxy) is 2. The minimum atomic E-state index is 0.0669. The lowest BCUT2D eigenvalue weighted by atomic mass is 10.1. The van der Waals surface area contributed by atoms with Crippen LogP contribution < -0.4 is 9.47 Å². The Morgan fingerprint density at radius 3 is 2.88 bits per heavy atom. The normalized spacial score (nSPS) is 17.1. The van der Waals surface area contributed by atoms with E-state index in [1.54, 1.807) is 27.2 Å². The van der Waals surface area contributed by atoms with Gasteiger partial charge in [0, 0.05) is 24.7 Å². The number of benzene rings is 1. The zero-order valence-corrected chi connectivity index (χ0v) is 14.1. The van der Waals surface area contributed by atoms with Gasteiger partial charge < -0.3 is 18.9 Å². The highest BCUT2D eigenvalue weighted by atomic mass is 16.5. The molecule has 0 radical (unpaired) electrons. The van der Waals surface area contributed by atoms with Crippen molar-refractivity contribution in [1.29, 1.82) is 0 Å². The maximum absolute atomic E-state index is 12.6. The van der Waals surface area contributed by atoms with Gasteiger partial charge >= 0.3 is 0 Å². The molecular weight excluding hydrogens is 310 g/mol. The van der Waals surface area contributed by atoms with Gasteiger partial charge in [0.1, 0.15) is 11.5 Å². The van der Waals surface area contributed by atoms with Crippen LogP contribution in [0.25, 0.3) is 0 Å². The maximum Gasteiger partial charge on any atom is 0.231 e. The van der Waals surface area contributed by atoms with E-state index in [4.69, 9.17) is 14.0 Å². The van der Waals surface area contributed by atoms with Gasteiger partial charge in [0.25, 0.3) is 0 Å². The molecule has 0 aliphatic carbocycles. The van der Waals surface area contributed by atoms with Crippen molar-refractivity contribution in [3.05, 3.63) is 35.5 Å². The molecule has 0 saturated carbocycles. The Balaban J connectivity index is 1.65. The van der Waals surface area contributed by atoms with Crippen molar-refractivity contribution in [1.82, 2.24) is 15.0 Å². The van der Waals surface area contributed by atoms with Crippen LogP contribution in [0.15, 0.2) is 22.7 Å². The Hall–Kier alpha value is -2.57. The van der Waals surface area contributed by atoms with Crippen LogP contribution in [0.2, 0.25) is 0 Å². The Morgan fingerprint density at radius 2 is 2.21 bits per heavy atom. The number of nitrogens with zero attached hydrogens (tertiary/aromatic N) is 3. The summed E-state index contributed by atoms with van der Waals surface area (Å²) in [5, 5.41) is 3.82. The van der Waals surface area contributed by atoms with Gasteiger partial charge in [-0.3, -0.25) is 4.79 Å². The molecule has 0 N–H and O–H groups in total. The first-order valence-electron chi connectivity index (χ1n) is 7.89. The van der Waals surface area contributed by atoms with Gasteiger partial charge in [-0.2, -0.15) is 4.98 Å². The van der Waals surface area contributed by atoms with Crippen molar-refractivity contribution in [3.8, 4) is 11.5 Å². The molecule has 1 amide bonds. The molecule has 3 rings (SSSR count). The van der Waals surface area contributed by atoms with E-state index in [2.05, 4.69) is 10.1 Å². The van der Waals surface area contributed by atoms with Crippen molar-refractivity contribution in [2.45, 2.75) is 25.7 Å². The van der Waals surface area contributed by atoms with Crippen molar-refractivity contribution in [2.24, 2.45) is 0 Å². The number of hydrogen-bond acceptors (Lipinski definition) is 6. The van der Waals surface area contributed by atoms with E-state index in [9.17, 15) is 4.79 Å². The second kappa shape index (κ2) is 6.90. The van der Waals surface area contributed by atoms with Crippen molar-refractivity contribution in [2.75, 3.05) is 27.3 Å². The second-order valence-electron chi connectivity index (χ2n) is 5.86. The van der Waals surface area contributed by atoms with Crippen LogP contribution >= 0.6 is 0 Å². The van der Waals surface area contributed by atoms with Gasteiger partial charge in [-0.15, -0.1) is 0 Å². The topological polar surface area (TPSA) is 77.7 Å². The minimum absolute atomic E-state index is 0.0669. The first-order valence-corrected chi connectivity index (χ1v) is 7.89. The lowest BCUT2D eigenvalue weighted by Gasteiger charge is -2.17. The van der Waals surface area contributed by atoms with Crippen LogP contribution in [0.5, 0.6) is 11.5 Å². The number of aromatic nitrogens is 2. The van der Waals surface area contributed by atoms with Gasteiger partial charge in [0.05, 0.1) is 26.6 Å². The average Bonchev–Trinajstić information content (AvgIpc) is 3.24. The van der Waals surface area contributed by atoms with Gasteiger partial charge in [-0.25, -0.2) is 0 Å². The lowest BCUT2D eigenvalue weighted by Crippen LogP contribution is -2.30. The average molecular weight is 331 g/mol. The number of carbonyl (C=O) groups is 1. The fourth-order valence-electron chi connectivity index (χ4n) is 2.94. The Labute approximate surface area is 140 Å². The molecule has 128 valence electrons. The lowest BCUT2D eigenvalue weighted by molar-refractivity contribution is -0.129. The van der Waals surface area contributed by atoms with Gasteiger partial charge in [-0.1, -0.05) is 11.2 Å². The van der Waals surface area contributed by atoms with Crippen LogP contribution in [-0.2, 0) is 11.2 Å². The highest BCUT2D eigenvalue weighted by Gasteiger charge is 2.31. The summed E-state index contributed by atoms with van der Waals surface area (Å²) in [5.41, 5.74) is 0.848. The van der Waals surface area contributed by atoms with Crippen LogP contribution in [0, 0.1) is 6.92 Å². The van der Waals surface area contributed by atoms with Gasteiger partial charge in [-0.05, 0) is 19.4 Å². The molecule has 0 bridgehead atoms. The molecule has 2 aromatic rings. The Morgan fingerprint density at radius 1 is 1.38 bits per heavy atom. The van der Waals surface area contributed by atoms with E-state index in [0.717, 1.165) is 12.0 Å². The smallest absolute Gasteiger partial charge is 0.231 e. The molecule has 1 unspecified atom stereocenters. The molecule has 1 atom stereocenters. The molecule has 7 nitrogen and oxygen atoms in total. The van der Waals surface area contributed by atoms with E-state index in [0.29, 0.717) is 42.7 Å². The predicted octanol–water partition coefficient (Wildman–Crippen LogP) is 1.95. The molecule has 1 aliphatic rings. The summed E-state index contributed by atoms with van der Waals surface area (Å²) < 4.78 is 15.8. The van der Waals surface area contributed by atoms with Crippen molar-refractivity contribution < 1.29 is 18.8 Å². The molecule has 1 aromatic heterocycles. The van der Waals surface area contributed by atoms with Crippen molar-refractivity contribution in [3.63, 3.8) is 0 Å². The molecule has 2 heterocycles. The fraction of sp³-hybridized carbons (Fsp3) is 0.471. The number of methoxy groups -OCH3 is 2. The van der Waals surface area contributed by atoms with Crippen LogP contribution in [0.1, 0.15) is 29.6 Å². The van der Waals surface area contributed by atoms with Crippen molar-refractivity contribution >= 4 is 5.91 Å². The van der Waals surface area contributed by atoms with E-state index in [1.165, 1.54) is 0 Å². The Bertz CT molecular complexity index is 728. The second-order valence-corrected chi connectivity index (χ2v) is 5.86. The SMILES string of the molecule is COc1ccc(CC(=O)N2CCC(c3nc(C)no3)C2)c(OC)c1. The fourth-order valence-corrected chi connectivity index (χ4v) is 2.94. The Kier molecular flexibility index (Phi) is 4.69. The van der Waals surface area contributed by atoms with Gasteiger partial charge in [0.15, 0.2) is 5.82 Å². The number of amides is 1. The molecule has 1 aliphatic heterocycles. The highest BCUT2D eigenvalue weighted by molar-refractivity contribution is 5.80. The molecular formula is C17H21N3O4. The number of carbonyl (C=O) groups excluding carboxylic acids is 1. The van der Waals surface area contributed by atoms with Crippen LogP contribution in [0.4, 0.5) is 0 Å². The molecule has 1 fully saturated rings. The summed E-state index contributed by atoms with van der Waals surface area (Å²) in [6.45, 7) is 3.10. The number of likely N-dealkylation sites (tertiary alicyclic amines) is 1. The highest BCUT2D eigenvalue weighted by Crippen LogP contribution is 2.28. The van der Waals surface area contributed by atoms with E-state index in [-0.39, 0.29) is 11.8 Å². The third kappa shape index (κ3) is 3.34. The van der Waals surface area contributed by atoms with Crippen LogP contribution in [-0.4, -0.2) is 48.3 Å². The van der Waals surface area contributed by atoms with Gasteiger partial charge in [0.2, 0.25) is 11.8 Å². The molecule has 24 heavy (non-hydrogen) atoms. The quantitative estimate of drug-likeness (QED) is 0.833.